The number of aliphatic hydroxyl groups is 1. The number of unbranched alkanes of at least 4 members (excludes halogenated alkanes) is 2. The van der Waals surface area contributed by atoms with Crippen molar-refractivity contribution in [3.63, 3.8) is 0 Å². The van der Waals surface area contributed by atoms with E-state index in [1.54, 1.807) is 12.1 Å². The second kappa shape index (κ2) is 9.97. The molecule has 0 atom stereocenters. The molecule has 5 nitrogen and oxygen atoms in total. The molecular weight excluding hydrogens is 394 g/mol. The number of nitrogens with zero attached hydrogens (tertiary/aromatic N) is 1. The van der Waals surface area contributed by atoms with Crippen molar-refractivity contribution in [1.82, 2.24) is 4.98 Å². The molecule has 0 aliphatic heterocycles. The standard InChI is InChI=1S/C19H23Cl2FN2O3/c1-11(2)13-10-12(6-7-14(13)26)27-17-15(20)18(22)24-19(16(17)21)23-8-4-3-5-9-25/h6-7,10-11,25-26H,3-5,8-9H2,1-2H3,(H,23,24). The first kappa shape index (κ1) is 21.5. The molecule has 8 heteroatoms. The highest BCUT2D eigenvalue weighted by Crippen LogP contribution is 2.42. The smallest absolute Gasteiger partial charge is 0.237 e. The van der Waals surface area contributed by atoms with E-state index in [1.807, 2.05) is 13.8 Å². The van der Waals surface area contributed by atoms with E-state index in [4.69, 9.17) is 33.0 Å². The van der Waals surface area contributed by atoms with Crippen LogP contribution in [0.1, 0.15) is 44.6 Å². The fourth-order valence-electron chi connectivity index (χ4n) is 2.50. The summed E-state index contributed by atoms with van der Waals surface area (Å²) in [7, 11) is 0. The second-order valence-electron chi connectivity index (χ2n) is 6.40. The Morgan fingerprint density at radius 1 is 1.19 bits per heavy atom. The summed E-state index contributed by atoms with van der Waals surface area (Å²) in [5.74, 6) is -0.188. The number of hydrogen-bond donors (Lipinski definition) is 3. The maximum atomic E-state index is 14.1. The average Bonchev–Trinajstić information content (AvgIpc) is 2.63. The van der Waals surface area contributed by atoms with Gasteiger partial charge in [-0.05, 0) is 43.4 Å². The van der Waals surface area contributed by atoms with Gasteiger partial charge in [0.1, 0.15) is 21.5 Å². The lowest BCUT2D eigenvalue weighted by atomic mass is 10.0. The first-order valence-corrected chi connectivity index (χ1v) is 9.50. The van der Waals surface area contributed by atoms with Gasteiger partial charge in [0.05, 0.1) is 0 Å². The highest BCUT2D eigenvalue weighted by Gasteiger charge is 2.20. The number of hydrogen-bond acceptors (Lipinski definition) is 5. The third-order valence-corrected chi connectivity index (χ3v) is 4.64. The molecule has 2 aromatic rings. The minimum atomic E-state index is -0.892. The van der Waals surface area contributed by atoms with Crippen molar-refractivity contribution in [3.8, 4) is 17.2 Å². The van der Waals surface area contributed by atoms with Gasteiger partial charge in [-0.1, -0.05) is 37.0 Å². The predicted octanol–water partition coefficient (Wildman–Crippen LogP) is 5.72. The Balaban J connectivity index is 2.24. The van der Waals surface area contributed by atoms with Crippen molar-refractivity contribution in [2.45, 2.75) is 39.0 Å². The zero-order valence-electron chi connectivity index (χ0n) is 15.2. The third kappa shape index (κ3) is 5.61. The average molecular weight is 417 g/mol. The highest BCUT2D eigenvalue weighted by molar-refractivity contribution is 6.38. The lowest BCUT2D eigenvalue weighted by Gasteiger charge is -2.15. The molecule has 0 spiro atoms. The fraction of sp³-hybridized carbons (Fsp3) is 0.421. The monoisotopic (exact) mass is 416 g/mol. The molecule has 0 aliphatic rings. The Bertz CT molecular complexity index is 788. The molecule has 148 valence electrons. The number of aliphatic hydroxyl groups excluding tert-OH is 1. The van der Waals surface area contributed by atoms with Gasteiger partial charge in [0.2, 0.25) is 5.95 Å². The van der Waals surface area contributed by atoms with Crippen molar-refractivity contribution < 1.29 is 19.3 Å². The number of halogens is 3. The normalized spacial score (nSPS) is 11.1. The van der Waals surface area contributed by atoms with Crippen molar-refractivity contribution in [1.29, 1.82) is 0 Å². The SMILES string of the molecule is CC(C)c1cc(Oc2c(Cl)c(F)nc(NCCCCCO)c2Cl)ccc1O. The van der Waals surface area contributed by atoms with Crippen LogP contribution in [0.15, 0.2) is 18.2 Å². The van der Waals surface area contributed by atoms with Crippen LogP contribution < -0.4 is 10.1 Å². The van der Waals surface area contributed by atoms with E-state index in [2.05, 4.69) is 10.3 Å². The topological polar surface area (TPSA) is 74.6 Å². The molecule has 0 saturated carbocycles. The zero-order valence-corrected chi connectivity index (χ0v) is 16.7. The quantitative estimate of drug-likeness (QED) is 0.359. The number of benzene rings is 1. The van der Waals surface area contributed by atoms with E-state index >= 15 is 0 Å². The van der Waals surface area contributed by atoms with Gasteiger partial charge in [-0.15, -0.1) is 0 Å². The molecule has 0 fully saturated rings. The van der Waals surface area contributed by atoms with Crippen LogP contribution in [-0.4, -0.2) is 28.3 Å². The third-order valence-electron chi connectivity index (χ3n) is 3.97. The van der Waals surface area contributed by atoms with Gasteiger partial charge >= 0.3 is 0 Å². The molecule has 0 radical (unpaired) electrons. The molecule has 1 heterocycles. The summed E-state index contributed by atoms with van der Waals surface area (Å²) < 4.78 is 19.9. The first-order valence-electron chi connectivity index (χ1n) is 8.75. The van der Waals surface area contributed by atoms with Crippen LogP contribution in [-0.2, 0) is 0 Å². The summed E-state index contributed by atoms with van der Waals surface area (Å²) >= 11 is 12.3. The van der Waals surface area contributed by atoms with Gasteiger partial charge in [-0.3, -0.25) is 0 Å². The van der Waals surface area contributed by atoms with Crippen LogP contribution in [0.3, 0.4) is 0 Å². The minimum absolute atomic E-state index is 0.0379. The number of phenolic OH excluding ortho intramolecular Hbond substituents is 1. The number of pyridine rings is 1. The van der Waals surface area contributed by atoms with Gasteiger partial charge in [0.25, 0.3) is 0 Å². The molecule has 1 aromatic heterocycles. The Kier molecular flexibility index (Phi) is 7.95. The molecule has 2 rings (SSSR count). The Hall–Kier alpha value is -1.76. The molecule has 3 N–H and O–H groups in total. The van der Waals surface area contributed by atoms with Gasteiger partial charge in [0.15, 0.2) is 11.6 Å². The van der Waals surface area contributed by atoms with E-state index in [0.29, 0.717) is 24.3 Å². The van der Waals surface area contributed by atoms with Crippen LogP contribution >= 0.6 is 23.2 Å². The number of aromatic hydroxyl groups is 1. The number of nitrogens with one attached hydrogen (secondary N) is 1. The molecular formula is C19H23Cl2FN2O3. The second-order valence-corrected chi connectivity index (χ2v) is 7.15. The van der Waals surface area contributed by atoms with E-state index in [-0.39, 0.29) is 39.9 Å². The van der Waals surface area contributed by atoms with Crippen LogP contribution in [0.4, 0.5) is 10.2 Å². The predicted molar refractivity (Wildman–Crippen MR) is 106 cm³/mol. The van der Waals surface area contributed by atoms with Crippen LogP contribution in [0.25, 0.3) is 0 Å². The van der Waals surface area contributed by atoms with Crippen LogP contribution in [0.2, 0.25) is 10.0 Å². The lowest BCUT2D eigenvalue weighted by molar-refractivity contribution is 0.283. The van der Waals surface area contributed by atoms with Crippen molar-refractivity contribution in [2.75, 3.05) is 18.5 Å². The summed E-state index contributed by atoms with van der Waals surface area (Å²) in [6, 6.07) is 4.71. The molecule has 0 amide bonds. The first-order chi connectivity index (χ1) is 12.8. The van der Waals surface area contributed by atoms with Gasteiger partial charge in [0, 0.05) is 18.7 Å². The maximum Gasteiger partial charge on any atom is 0.237 e. The molecule has 0 saturated heterocycles. The van der Waals surface area contributed by atoms with Gasteiger partial charge in [-0.2, -0.15) is 9.37 Å². The Morgan fingerprint density at radius 2 is 1.93 bits per heavy atom. The minimum Gasteiger partial charge on any atom is -0.508 e. The molecule has 0 aliphatic carbocycles. The van der Waals surface area contributed by atoms with Crippen molar-refractivity contribution >= 4 is 29.0 Å². The lowest BCUT2D eigenvalue weighted by Crippen LogP contribution is -2.06. The van der Waals surface area contributed by atoms with E-state index < -0.39 is 5.95 Å². The number of rotatable bonds is 9. The van der Waals surface area contributed by atoms with E-state index in [1.165, 1.54) is 6.07 Å². The van der Waals surface area contributed by atoms with Crippen molar-refractivity contribution in [3.05, 3.63) is 39.8 Å². The molecule has 0 unspecified atom stereocenters. The number of phenols is 1. The Morgan fingerprint density at radius 3 is 2.59 bits per heavy atom. The number of ether oxygens (including phenoxy) is 1. The largest absolute Gasteiger partial charge is 0.508 e. The molecule has 1 aromatic carbocycles. The Labute approximate surface area is 168 Å². The van der Waals surface area contributed by atoms with Crippen LogP contribution in [0.5, 0.6) is 17.2 Å². The summed E-state index contributed by atoms with van der Waals surface area (Å²) in [4.78, 5) is 3.74. The molecule has 27 heavy (non-hydrogen) atoms. The summed E-state index contributed by atoms with van der Waals surface area (Å²) in [6.07, 6.45) is 2.30. The highest BCUT2D eigenvalue weighted by atomic mass is 35.5. The van der Waals surface area contributed by atoms with Gasteiger partial charge in [-0.25, -0.2) is 0 Å². The summed E-state index contributed by atoms with van der Waals surface area (Å²) in [5.41, 5.74) is 0.691. The molecule has 0 bridgehead atoms. The van der Waals surface area contributed by atoms with Gasteiger partial charge < -0.3 is 20.3 Å². The van der Waals surface area contributed by atoms with E-state index in [9.17, 15) is 9.50 Å². The summed E-state index contributed by atoms with van der Waals surface area (Å²) in [5, 5.41) is 21.4. The van der Waals surface area contributed by atoms with Crippen molar-refractivity contribution in [2.24, 2.45) is 0 Å². The van der Waals surface area contributed by atoms with Crippen LogP contribution in [0, 0.1) is 5.95 Å². The summed E-state index contributed by atoms with van der Waals surface area (Å²) in [6.45, 7) is 4.52. The number of anilines is 1. The maximum absolute atomic E-state index is 14.1. The van der Waals surface area contributed by atoms with E-state index in [0.717, 1.165) is 12.8 Å². The zero-order chi connectivity index (χ0) is 20.0. The number of aromatic nitrogens is 1. The fourth-order valence-corrected chi connectivity index (χ4v) is 2.96.